The molecule has 1 fully saturated rings. The van der Waals surface area contributed by atoms with Crippen LogP contribution in [-0.4, -0.2) is 61.8 Å². The largest absolute Gasteiger partial charge is 0.459 e. The Morgan fingerprint density at radius 1 is 1.31 bits per heavy atom. The van der Waals surface area contributed by atoms with Crippen LogP contribution in [0.1, 0.15) is 32.8 Å². The lowest BCUT2D eigenvalue weighted by atomic mass is 10.1. The van der Waals surface area contributed by atoms with E-state index in [0.29, 0.717) is 5.56 Å². The summed E-state index contributed by atoms with van der Waals surface area (Å²) >= 11 is 0. The molecule has 138 valence electrons. The number of aromatic nitrogens is 3. The van der Waals surface area contributed by atoms with Crippen molar-refractivity contribution in [3.8, 4) is 0 Å². The van der Waals surface area contributed by atoms with Gasteiger partial charge in [-0.1, -0.05) is 18.2 Å². The molecule has 0 bridgehead atoms. The Morgan fingerprint density at radius 2 is 2.04 bits per heavy atom. The molecule has 4 N–H and O–H groups in total. The van der Waals surface area contributed by atoms with Crippen LogP contribution in [0.3, 0.4) is 0 Å². The van der Waals surface area contributed by atoms with E-state index in [2.05, 4.69) is 10.1 Å². The number of carbonyl (C=O) groups excluding carboxylic acids is 2. The molecule has 3 rings (SSSR count). The average molecular weight is 362 g/mol. The van der Waals surface area contributed by atoms with E-state index in [0.717, 1.165) is 16.6 Å². The Kier molecular flexibility index (Phi) is 4.98. The Balaban J connectivity index is 1.65. The van der Waals surface area contributed by atoms with Crippen molar-refractivity contribution in [1.82, 2.24) is 14.8 Å². The molecule has 2 aromatic rings. The van der Waals surface area contributed by atoms with Crippen LogP contribution in [0.15, 0.2) is 30.6 Å². The van der Waals surface area contributed by atoms with E-state index >= 15 is 0 Å². The Labute approximate surface area is 148 Å². The molecule has 0 saturated carbocycles. The Bertz CT molecular complexity index is 823. The maximum Gasteiger partial charge on any atom is 0.338 e. The number of ether oxygens (including phenoxy) is 2. The van der Waals surface area contributed by atoms with Gasteiger partial charge in [0.15, 0.2) is 6.23 Å². The van der Waals surface area contributed by atoms with E-state index in [9.17, 15) is 19.8 Å². The fourth-order valence-corrected chi connectivity index (χ4v) is 2.63. The lowest BCUT2D eigenvalue weighted by Crippen LogP contribution is -2.34. The van der Waals surface area contributed by atoms with Gasteiger partial charge in [0.1, 0.15) is 31.2 Å². The van der Waals surface area contributed by atoms with Crippen molar-refractivity contribution in [3.05, 3.63) is 47.5 Å². The molecule has 1 aliphatic heterocycles. The number of hydrogen-bond donors (Lipinski definition) is 3. The standard InChI is InChI=1S/C16H18N4O6/c1-8-4-2-3-5-9(8)16(24)25-6-10-11(21)12(22)15(26-10)20-7-18-14(19-20)13(17)23/h2-5,7,10-12,15,21-22H,6H2,1H3,(H2,17,23)/t10-,11-,12-,15-/m1/s1. The second kappa shape index (κ2) is 7.20. The highest BCUT2D eigenvalue weighted by Gasteiger charge is 2.45. The normalized spacial score (nSPS) is 25.2. The zero-order chi connectivity index (χ0) is 18.8. The van der Waals surface area contributed by atoms with E-state index in [-0.39, 0.29) is 12.4 Å². The van der Waals surface area contributed by atoms with Crippen LogP contribution in [0, 0.1) is 6.92 Å². The number of esters is 1. The van der Waals surface area contributed by atoms with Crippen LogP contribution < -0.4 is 5.73 Å². The first-order valence-corrected chi connectivity index (χ1v) is 7.83. The second-order valence-corrected chi connectivity index (χ2v) is 5.87. The summed E-state index contributed by atoms with van der Waals surface area (Å²) in [5, 5.41) is 24.1. The quantitative estimate of drug-likeness (QED) is 0.583. The maximum absolute atomic E-state index is 12.1. The van der Waals surface area contributed by atoms with Crippen molar-refractivity contribution in [2.24, 2.45) is 5.73 Å². The topological polar surface area (TPSA) is 150 Å². The summed E-state index contributed by atoms with van der Waals surface area (Å²) in [6, 6.07) is 6.92. The molecule has 0 spiro atoms. The summed E-state index contributed by atoms with van der Waals surface area (Å²) in [7, 11) is 0. The van der Waals surface area contributed by atoms with Crippen molar-refractivity contribution in [2.75, 3.05) is 6.61 Å². The highest BCUT2D eigenvalue weighted by Crippen LogP contribution is 2.29. The Morgan fingerprint density at radius 3 is 2.69 bits per heavy atom. The lowest BCUT2D eigenvalue weighted by Gasteiger charge is -2.15. The number of rotatable bonds is 5. The molecular formula is C16H18N4O6. The third-order valence-corrected chi connectivity index (χ3v) is 4.07. The monoisotopic (exact) mass is 362 g/mol. The van der Waals surface area contributed by atoms with Gasteiger partial charge in [-0.3, -0.25) is 4.79 Å². The van der Waals surface area contributed by atoms with Gasteiger partial charge in [-0.05, 0) is 18.6 Å². The van der Waals surface area contributed by atoms with E-state index in [1.807, 2.05) is 0 Å². The summed E-state index contributed by atoms with van der Waals surface area (Å²) in [4.78, 5) is 26.9. The van der Waals surface area contributed by atoms with Gasteiger partial charge in [0.05, 0.1) is 5.56 Å². The lowest BCUT2D eigenvalue weighted by molar-refractivity contribution is -0.0632. The highest BCUT2D eigenvalue weighted by atomic mass is 16.6. The minimum Gasteiger partial charge on any atom is -0.459 e. The van der Waals surface area contributed by atoms with Crippen LogP contribution in [0.4, 0.5) is 0 Å². The predicted molar refractivity (Wildman–Crippen MR) is 85.9 cm³/mol. The second-order valence-electron chi connectivity index (χ2n) is 5.87. The third kappa shape index (κ3) is 3.43. The van der Waals surface area contributed by atoms with Crippen molar-refractivity contribution in [1.29, 1.82) is 0 Å². The van der Waals surface area contributed by atoms with Crippen LogP contribution in [-0.2, 0) is 9.47 Å². The van der Waals surface area contributed by atoms with Gasteiger partial charge in [-0.15, -0.1) is 5.10 Å². The smallest absolute Gasteiger partial charge is 0.338 e. The van der Waals surface area contributed by atoms with E-state index in [1.54, 1.807) is 31.2 Å². The van der Waals surface area contributed by atoms with Crippen LogP contribution in [0.2, 0.25) is 0 Å². The number of primary amides is 1. The van der Waals surface area contributed by atoms with Gasteiger partial charge < -0.3 is 25.4 Å². The molecule has 0 aliphatic carbocycles. The van der Waals surface area contributed by atoms with Crippen LogP contribution >= 0.6 is 0 Å². The van der Waals surface area contributed by atoms with Gasteiger partial charge in [0.25, 0.3) is 5.91 Å². The van der Waals surface area contributed by atoms with Crippen LogP contribution in [0.25, 0.3) is 0 Å². The minimum atomic E-state index is -1.35. The molecule has 1 aliphatic rings. The number of benzene rings is 1. The average Bonchev–Trinajstić information content (AvgIpc) is 3.20. The number of aryl methyl sites for hydroxylation is 1. The van der Waals surface area contributed by atoms with Gasteiger partial charge in [-0.2, -0.15) is 0 Å². The molecule has 1 saturated heterocycles. The summed E-state index contributed by atoms with van der Waals surface area (Å²) in [6.45, 7) is 1.51. The number of aliphatic hydroxyl groups is 2. The predicted octanol–water partition coefficient (Wildman–Crippen LogP) is -0.838. The zero-order valence-electron chi connectivity index (χ0n) is 13.8. The minimum absolute atomic E-state index is 0.246. The number of hydrogen-bond acceptors (Lipinski definition) is 8. The molecule has 4 atom stereocenters. The molecule has 26 heavy (non-hydrogen) atoms. The van der Waals surface area contributed by atoms with Crippen molar-refractivity contribution in [3.63, 3.8) is 0 Å². The summed E-state index contributed by atoms with van der Waals surface area (Å²) in [5.41, 5.74) is 6.23. The molecule has 1 aromatic heterocycles. The molecule has 10 heteroatoms. The molecule has 2 heterocycles. The summed E-state index contributed by atoms with van der Waals surface area (Å²) < 4.78 is 11.8. The van der Waals surface area contributed by atoms with E-state index < -0.39 is 36.4 Å². The number of carbonyl (C=O) groups is 2. The SMILES string of the molecule is Cc1ccccc1C(=O)OC[C@H]1O[C@@H](n2cnc(C(N)=O)n2)[C@H](O)[C@@H]1O. The van der Waals surface area contributed by atoms with E-state index in [1.165, 1.54) is 0 Å². The first kappa shape index (κ1) is 18.0. The van der Waals surface area contributed by atoms with Crippen LogP contribution in [0.5, 0.6) is 0 Å². The fraction of sp³-hybridized carbons (Fsp3) is 0.375. The summed E-state index contributed by atoms with van der Waals surface area (Å²) in [6.07, 6.45) is -3.56. The molecule has 10 nitrogen and oxygen atoms in total. The molecule has 0 radical (unpaired) electrons. The fourth-order valence-electron chi connectivity index (χ4n) is 2.63. The van der Waals surface area contributed by atoms with E-state index in [4.69, 9.17) is 15.2 Å². The molecule has 1 amide bonds. The van der Waals surface area contributed by atoms with Crippen molar-refractivity contribution < 1.29 is 29.3 Å². The van der Waals surface area contributed by atoms with Gasteiger partial charge in [0.2, 0.25) is 5.82 Å². The number of nitrogens with zero attached hydrogens (tertiary/aromatic N) is 3. The molecular weight excluding hydrogens is 344 g/mol. The zero-order valence-corrected chi connectivity index (χ0v) is 13.8. The van der Waals surface area contributed by atoms with Gasteiger partial charge in [0, 0.05) is 0 Å². The highest BCUT2D eigenvalue weighted by molar-refractivity contribution is 5.91. The van der Waals surface area contributed by atoms with Crippen molar-refractivity contribution >= 4 is 11.9 Å². The number of amides is 1. The van der Waals surface area contributed by atoms with Gasteiger partial charge in [-0.25, -0.2) is 14.5 Å². The molecule has 1 aromatic carbocycles. The summed E-state index contributed by atoms with van der Waals surface area (Å²) in [5.74, 6) is -1.64. The first-order chi connectivity index (χ1) is 12.4. The third-order valence-electron chi connectivity index (χ3n) is 4.07. The Hall–Kier alpha value is -2.82. The van der Waals surface area contributed by atoms with Gasteiger partial charge >= 0.3 is 5.97 Å². The molecule has 0 unspecified atom stereocenters. The maximum atomic E-state index is 12.1. The van der Waals surface area contributed by atoms with Crippen molar-refractivity contribution in [2.45, 2.75) is 31.5 Å². The number of aliphatic hydroxyl groups excluding tert-OH is 2. The number of nitrogens with two attached hydrogens (primary N) is 1. The first-order valence-electron chi connectivity index (χ1n) is 7.83.